The number of benzene rings is 2. The van der Waals surface area contributed by atoms with E-state index in [4.69, 9.17) is 4.55 Å². The van der Waals surface area contributed by atoms with Gasteiger partial charge in [-0.3, -0.25) is 4.55 Å². The molecular weight excluding hydrogens is 315 g/mol. The van der Waals surface area contributed by atoms with E-state index in [-0.39, 0.29) is 0 Å². The smallest absolute Gasteiger partial charge is 0.294 e. The fourth-order valence-corrected chi connectivity index (χ4v) is 2.57. The normalized spacial score (nSPS) is 14.5. The molecule has 2 unspecified atom stereocenters. The molecule has 0 heterocycles. The molecule has 0 aliphatic rings. The van der Waals surface area contributed by atoms with Crippen molar-refractivity contribution in [2.45, 2.75) is 18.6 Å². The van der Waals surface area contributed by atoms with Crippen LogP contribution in [0.1, 0.15) is 22.7 Å². The number of hydrogen-bond acceptors (Lipinski definition) is 1. The van der Waals surface area contributed by atoms with E-state index < -0.39 is 29.0 Å². The summed E-state index contributed by atoms with van der Waals surface area (Å²) in [6, 6.07) is 13.2. The molecule has 2 aromatic carbocycles. The Hall–Kier alpha value is -1.70. The van der Waals surface area contributed by atoms with E-state index in [1.807, 2.05) is 30.3 Å². The van der Waals surface area contributed by atoms with Crippen LogP contribution in [0.3, 0.4) is 0 Å². The van der Waals surface area contributed by atoms with Crippen LogP contribution in [0.25, 0.3) is 0 Å². The molecule has 0 saturated heterocycles. The Morgan fingerprint density at radius 1 is 1.05 bits per heavy atom. The standard InChI is InChI=1S/C15H14F3NO2S/c16-15(17,18)13-8-6-12(7-9-13)14(19-22(20)21)10-11-4-2-1-3-5-11/h1-9,14,19H,10H2,(H,20,21). The van der Waals surface area contributed by atoms with Crippen molar-refractivity contribution < 1.29 is 21.9 Å². The van der Waals surface area contributed by atoms with Gasteiger partial charge in [0.05, 0.1) is 11.6 Å². The molecule has 2 atom stereocenters. The largest absolute Gasteiger partial charge is 0.416 e. The minimum Gasteiger partial charge on any atom is -0.294 e. The highest BCUT2D eigenvalue weighted by atomic mass is 32.2. The Morgan fingerprint density at radius 3 is 2.14 bits per heavy atom. The average Bonchev–Trinajstić information content (AvgIpc) is 2.46. The van der Waals surface area contributed by atoms with Crippen LogP contribution < -0.4 is 4.72 Å². The lowest BCUT2D eigenvalue weighted by Crippen LogP contribution is -2.25. The van der Waals surface area contributed by atoms with Crippen molar-refractivity contribution in [1.82, 2.24) is 4.72 Å². The predicted octanol–water partition coefficient (Wildman–Crippen LogP) is 3.72. The third-order valence-electron chi connectivity index (χ3n) is 3.17. The maximum Gasteiger partial charge on any atom is 0.416 e. The van der Waals surface area contributed by atoms with Gasteiger partial charge in [0.25, 0.3) is 0 Å². The maximum atomic E-state index is 12.6. The summed E-state index contributed by atoms with van der Waals surface area (Å²) in [5.74, 6) is 0. The zero-order valence-corrected chi connectivity index (χ0v) is 12.2. The topological polar surface area (TPSA) is 49.3 Å². The van der Waals surface area contributed by atoms with Gasteiger partial charge in [-0.1, -0.05) is 42.5 Å². The van der Waals surface area contributed by atoms with Gasteiger partial charge in [0, 0.05) is 0 Å². The van der Waals surface area contributed by atoms with Gasteiger partial charge in [-0.05, 0) is 29.7 Å². The SMILES string of the molecule is O=S(O)NC(Cc1ccccc1)c1ccc(C(F)(F)F)cc1. The number of rotatable bonds is 5. The summed E-state index contributed by atoms with van der Waals surface area (Å²) < 4.78 is 60.2. The molecule has 0 amide bonds. The van der Waals surface area contributed by atoms with Gasteiger partial charge in [0.2, 0.25) is 11.3 Å². The second-order valence-corrected chi connectivity index (χ2v) is 5.46. The first-order valence-corrected chi connectivity index (χ1v) is 7.55. The van der Waals surface area contributed by atoms with E-state index in [2.05, 4.69) is 4.72 Å². The summed E-state index contributed by atoms with van der Waals surface area (Å²) in [6.07, 6.45) is -4.01. The third kappa shape index (κ3) is 4.66. The van der Waals surface area contributed by atoms with Crippen molar-refractivity contribution in [3.05, 3.63) is 71.3 Å². The number of nitrogens with one attached hydrogen (secondary N) is 1. The second kappa shape index (κ2) is 7.04. The molecule has 2 N–H and O–H groups in total. The quantitative estimate of drug-likeness (QED) is 0.822. The Bertz CT molecular complexity index is 629. The van der Waals surface area contributed by atoms with Gasteiger partial charge in [-0.2, -0.15) is 13.2 Å². The van der Waals surface area contributed by atoms with Crippen molar-refractivity contribution in [3.63, 3.8) is 0 Å². The van der Waals surface area contributed by atoms with E-state index in [1.165, 1.54) is 12.1 Å². The van der Waals surface area contributed by atoms with E-state index in [9.17, 15) is 17.4 Å². The van der Waals surface area contributed by atoms with Gasteiger partial charge in [-0.15, -0.1) is 0 Å². The van der Waals surface area contributed by atoms with E-state index in [1.54, 1.807) is 0 Å². The predicted molar refractivity (Wildman–Crippen MR) is 78.2 cm³/mol. The van der Waals surface area contributed by atoms with Crippen LogP contribution in [-0.4, -0.2) is 8.76 Å². The van der Waals surface area contributed by atoms with E-state index >= 15 is 0 Å². The molecule has 0 aliphatic heterocycles. The summed E-state index contributed by atoms with van der Waals surface area (Å²) in [7, 11) is 0. The Morgan fingerprint density at radius 2 is 1.64 bits per heavy atom. The molecular formula is C15H14F3NO2S. The van der Waals surface area contributed by atoms with Crippen LogP contribution in [0.15, 0.2) is 54.6 Å². The fraction of sp³-hybridized carbons (Fsp3) is 0.200. The van der Waals surface area contributed by atoms with Gasteiger partial charge in [0.1, 0.15) is 0 Å². The lowest BCUT2D eigenvalue weighted by atomic mass is 9.99. The Labute approximate surface area is 128 Å². The van der Waals surface area contributed by atoms with Crippen molar-refractivity contribution >= 4 is 11.3 Å². The Kier molecular flexibility index (Phi) is 5.33. The van der Waals surface area contributed by atoms with Gasteiger partial charge in [0.15, 0.2) is 0 Å². The highest BCUT2D eigenvalue weighted by Gasteiger charge is 2.30. The van der Waals surface area contributed by atoms with Gasteiger partial charge < -0.3 is 0 Å². The third-order valence-corrected chi connectivity index (χ3v) is 3.65. The number of hydrogen-bond donors (Lipinski definition) is 2. The first-order valence-electron chi connectivity index (χ1n) is 6.44. The zero-order chi connectivity index (χ0) is 16.2. The molecule has 7 heteroatoms. The van der Waals surface area contributed by atoms with Crippen molar-refractivity contribution in [2.24, 2.45) is 0 Å². The minimum absolute atomic E-state index is 0.387. The molecule has 0 aromatic heterocycles. The molecule has 0 fully saturated rings. The molecule has 0 aliphatic carbocycles. The van der Waals surface area contributed by atoms with E-state index in [0.717, 1.165) is 17.7 Å². The summed E-state index contributed by atoms with van der Waals surface area (Å²) in [5.41, 5.74) is 0.671. The van der Waals surface area contributed by atoms with Crippen molar-refractivity contribution in [2.75, 3.05) is 0 Å². The van der Waals surface area contributed by atoms with Crippen LogP contribution in [0.4, 0.5) is 13.2 Å². The van der Waals surface area contributed by atoms with Crippen LogP contribution in [0.5, 0.6) is 0 Å². The fourth-order valence-electron chi connectivity index (χ4n) is 2.10. The molecule has 0 radical (unpaired) electrons. The molecule has 0 spiro atoms. The van der Waals surface area contributed by atoms with Gasteiger partial charge in [-0.25, -0.2) is 8.93 Å². The van der Waals surface area contributed by atoms with Gasteiger partial charge >= 0.3 is 6.18 Å². The monoisotopic (exact) mass is 329 g/mol. The summed E-state index contributed by atoms with van der Waals surface area (Å²) in [5, 5.41) is 0. The molecule has 118 valence electrons. The molecule has 0 saturated carbocycles. The first kappa shape index (κ1) is 16.7. The second-order valence-electron chi connectivity index (χ2n) is 4.73. The van der Waals surface area contributed by atoms with Crippen molar-refractivity contribution in [3.8, 4) is 0 Å². The lowest BCUT2D eigenvalue weighted by Gasteiger charge is -2.18. The van der Waals surface area contributed by atoms with E-state index in [0.29, 0.717) is 12.0 Å². The van der Waals surface area contributed by atoms with Crippen molar-refractivity contribution in [1.29, 1.82) is 0 Å². The lowest BCUT2D eigenvalue weighted by molar-refractivity contribution is -0.137. The summed E-state index contributed by atoms with van der Waals surface area (Å²) >= 11 is -2.26. The average molecular weight is 329 g/mol. The molecule has 3 nitrogen and oxygen atoms in total. The van der Waals surface area contributed by atoms with Crippen LogP contribution in [-0.2, 0) is 23.9 Å². The first-order chi connectivity index (χ1) is 10.4. The summed E-state index contributed by atoms with van der Waals surface area (Å²) in [6.45, 7) is 0. The molecule has 2 rings (SSSR count). The minimum atomic E-state index is -4.40. The number of halogens is 3. The van der Waals surface area contributed by atoms with Crippen LogP contribution >= 0.6 is 0 Å². The molecule has 2 aromatic rings. The zero-order valence-electron chi connectivity index (χ0n) is 11.4. The Balaban J connectivity index is 2.23. The highest BCUT2D eigenvalue weighted by Crippen LogP contribution is 2.30. The maximum absolute atomic E-state index is 12.6. The highest BCUT2D eigenvalue weighted by molar-refractivity contribution is 7.77. The van der Waals surface area contributed by atoms with Crippen LogP contribution in [0.2, 0.25) is 0 Å². The summed E-state index contributed by atoms with van der Waals surface area (Å²) in [4.78, 5) is 0. The molecule has 0 bridgehead atoms. The van der Waals surface area contributed by atoms with Crippen LogP contribution in [0, 0.1) is 0 Å². The number of alkyl halides is 3. The molecule has 22 heavy (non-hydrogen) atoms.